The lowest BCUT2D eigenvalue weighted by Crippen LogP contribution is -2.32. The van der Waals surface area contributed by atoms with Crippen molar-refractivity contribution in [2.24, 2.45) is 0 Å². The van der Waals surface area contributed by atoms with Gasteiger partial charge in [-0.2, -0.15) is 0 Å². The first-order valence-corrected chi connectivity index (χ1v) is 12.0. The first-order valence-electron chi connectivity index (χ1n) is 11.2. The summed E-state index contributed by atoms with van der Waals surface area (Å²) in [6, 6.07) is 21.5. The molecule has 0 aromatic heterocycles. The van der Waals surface area contributed by atoms with Crippen LogP contribution >= 0.6 is 15.9 Å². The summed E-state index contributed by atoms with van der Waals surface area (Å²) in [4.78, 5) is 27.3. The maximum Gasteiger partial charge on any atom is 0.295 e. The average molecular weight is 536 g/mol. The molecule has 35 heavy (non-hydrogen) atoms. The van der Waals surface area contributed by atoms with E-state index in [2.05, 4.69) is 15.9 Å². The Morgan fingerprint density at radius 2 is 1.69 bits per heavy atom. The number of benzene rings is 3. The zero-order valence-corrected chi connectivity index (χ0v) is 21.1. The van der Waals surface area contributed by atoms with E-state index in [0.29, 0.717) is 17.9 Å². The number of rotatable bonds is 8. The van der Waals surface area contributed by atoms with Crippen molar-refractivity contribution >= 4 is 33.4 Å². The minimum absolute atomic E-state index is 0.0574. The van der Waals surface area contributed by atoms with E-state index in [-0.39, 0.29) is 24.5 Å². The molecule has 180 valence electrons. The van der Waals surface area contributed by atoms with Crippen molar-refractivity contribution in [3.63, 3.8) is 0 Å². The van der Waals surface area contributed by atoms with Crippen molar-refractivity contribution in [1.82, 2.24) is 4.90 Å². The van der Waals surface area contributed by atoms with Crippen LogP contribution in [0.25, 0.3) is 5.76 Å². The second-order valence-corrected chi connectivity index (χ2v) is 9.19. The summed E-state index contributed by atoms with van der Waals surface area (Å²) >= 11 is 3.41. The highest BCUT2D eigenvalue weighted by molar-refractivity contribution is 9.10. The largest absolute Gasteiger partial charge is 0.507 e. The Morgan fingerprint density at radius 3 is 2.34 bits per heavy atom. The fourth-order valence-corrected chi connectivity index (χ4v) is 4.35. The molecule has 1 N–H and O–H groups in total. The Kier molecular flexibility index (Phi) is 7.68. The molecular weight excluding hydrogens is 510 g/mol. The maximum absolute atomic E-state index is 13.0. The van der Waals surface area contributed by atoms with E-state index in [9.17, 15) is 14.7 Å². The molecule has 0 spiro atoms. The van der Waals surface area contributed by atoms with E-state index in [1.807, 2.05) is 55.5 Å². The first kappa shape index (κ1) is 24.7. The van der Waals surface area contributed by atoms with Crippen LogP contribution in [-0.4, -0.2) is 42.0 Å². The summed E-state index contributed by atoms with van der Waals surface area (Å²) in [6.07, 6.45) is 0. The number of ketones is 1. The standard InChI is InChI=1S/C28H26BrNO5/c1-18-5-3-4-6-21(18)17-35-23-13-9-20(10-14-23)26(31)24-25(19-7-11-22(29)12-8-19)30(15-16-34-2)28(33)27(24)32/h3-14,25,31H,15-17H2,1-2H3. The summed E-state index contributed by atoms with van der Waals surface area (Å²) in [5.74, 6) is -0.961. The topological polar surface area (TPSA) is 76.1 Å². The predicted octanol–water partition coefficient (Wildman–Crippen LogP) is 5.40. The van der Waals surface area contributed by atoms with Gasteiger partial charge in [0.15, 0.2) is 0 Å². The molecule has 1 fully saturated rings. The molecule has 3 aromatic rings. The van der Waals surface area contributed by atoms with E-state index >= 15 is 0 Å². The quantitative estimate of drug-likeness (QED) is 0.237. The van der Waals surface area contributed by atoms with Gasteiger partial charge in [0.1, 0.15) is 18.1 Å². The molecule has 0 radical (unpaired) electrons. The molecule has 7 heteroatoms. The summed E-state index contributed by atoms with van der Waals surface area (Å²) in [5.41, 5.74) is 3.45. The van der Waals surface area contributed by atoms with Crippen molar-refractivity contribution in [3.8, 4) is 5.75 Å². The SMILES string of the molecule is COCCN1C(=O)C(=O)C(=C(O)c2ccc(OCc3ccccc3C)cc2)C1c1ccc(Br)cc1. The van der Waals surface area contributed by atoms with Gasteiger partial charge in [-0.15, -0.1) is 0 Å². The number of likely N-dealkylation sites (tertiary alicyclic amines) is 1. The van der Waals surface area contributed by atoms with Gasteiger partial charge in [-0.25, -0.2) is 0 Å². The highest BCUT2D eigenvalue weighted by Crippen LogP contribution is 2.39. The molecule has 1 aliphatic heterocycles. The average Bonchev–Trinajstić information content (AvgIpc) is 3.12. The fourth-order valence-electron chi connectivity index (χ4n) is 4.09. The number of Topliss-reactive ketones (excluding diaryl/α,β-unsaturated/α-hetero) is 1. The second kappa shape index (κ2) is 10.9. The van der Waals surface area contributed by atoms with Crippen LogP contribution in [0.5, 0.6) is 5.75 Å². The number of methoxy groups -OCH3 is 1. The molecule has 3 aromatic carbocycles. The molecule has 1 saturated heterocycles. The van der Waals surface area contributed by atoms with Gasteiger partial charge in [0.25, 0.3) is 11.7 Å². The molecule has 1 aliphatic rings. The van der Waals surface area contributed by atoms with Gasteiger partial charge in [-0.05, 0) is 60.0 Å². The van der Waals surface area contributed by atoms with Crippen molar-refractivity contribution in [3.05, 3.63) is 105 Å². The van der Waals surface area contributed by atoms with Gasteiger partial charge in [0, 0.05) is 23.7 Å². The van der Waals surface area contributed by atoms with Crippen molar-refractivity contribution < 1.29 is 24.2 Å². The highest BCUT2D eigenvalue weighted by Gasteiger charge is 2.45. The molecule has 1 atom stereocenters. The molecular formula is C28H26BrNO5. The zero-order valence-electron chi connectivity index (χ0n) is 19.5. The molecule has 0 aliphatic carbocycles. The third-order valence-electron chi connectivity index (χ3n) is 6.05. The third-order valence-corrected chi connectivity index (χ3v) is 6.57. The second-order valence-electron chi connectivity index (χ2n) is 8.28. The summed E-state index contributed by atoms with van der Waals surface area (Å²) in [5, 5.41) is 11.2. The zero-order chi connectivity index (χ0) is 24.9. The Bertz CT molecular complexity index is 1250. The monoisotopic (exact) mass is 535 g/mol. The number of carbonyl (C=O) groups is 2. The maximum atomic E-state index is 13.0. The normalized spacial score (nSPS) is 17.1. The van der Waals surface area contributed by atoms with Gasteiger partial charge < -0.3 is 19.5 Å². The van der Waals surface area contributed by atoms with Gasteiger partial charge in [0.2, 0.25) is 0 Å². The molecule has 1 heterocycles. The van der Waals surface area contributed by atoms with Gasteiger partial charge in [-0.3, -0.25) is 9.59 Å². The number of aliphatic hydroxyl groups excluding tert-OH is 1. The van der Waals surface area contributed by atoms with Crippen LogP contribution in [-0.2, 0) is 20.9 Å². The Hall–Kier alpha value is -3.42. The first-order chi connectivity index (χ1) is 16.9. The number of nitrogens with zero attached hydrogens (tertiary/aromatic N) is 1. The minimum Gasteiger partial charge on any atom is -0.507 e. The molecule has 6 nitrogen and oxygen atoms in total. The summed E-state index contributed by atoms with van der Waals surface area (Å²) < 4.78 is 11.9. The van der Waals surface area contributed by atoms with Gasteiger partial charge in [-0.1, -0.05) is 52.3 Å². The molecule has 1 unspecified atom stereocenters. The van der Waals surface area contributed by atoms with Crippen molar-refractivity contribution in [1.29, 1.82) is 0 Å². The van der Waals surface area contributed by atoms with Crippen LogP contribution in [0.2, 0.25) is 0 Å². The number of halogens is 1. The molecule has 4 rings (SSSR count). The predicted molar refractivity (Wildman–Crippen MR) is 137 cm³/mol. The lowest BCUT2D eigenvalue weighted by molar-refractivity contribution is -0.140. The van der Waals surface area contributed by atoms with E-state index in [4.69, 9.17) is 9.47 Å². The Labute approximate surface area is 212 Å². The van der Waals surface area contributed by atoms with E-state index < -0.39 is 17.7 Å². The van der Waals surface area contributed by atoms with Crippen LogP contribution in [0, 0.1) is 6.92 Å². The number of carbonyl (C=O) groups excluding carboxylic acids is 2. The third kappa shape index (κ3) is 5.31. The van der Waals surface area contributed by atoms with Crippen LogP contribution in [0.15, 0.2) is 82.8 Å². The lowest BCUT2D eigenvalue weighted by Gasteiger charge is -2.25. The molecule has 0 bridgehead atoms. The van der Waals surface area contributed by atoms with Crippen LogP contribution in [0.3, 0.4) is 0 Å². The minimum atomic E-state index is -0.716. The lowest BCUT2D eigenvalue weighted by atomic mass is 9.95. The van der Waals surface area contributed by atoms with Crippen molar-refractivity contribution in [2.45, 2.75) is 19.6 Å². The number of amides is 1. The summed E-state index contributed by atoms with van der Waals surface area (Å²) in [7, 11) is 1.54. The van der Waals surface area contributed by atoms with Gasteiger partial charge in [0.05, 0.1) is 18.2 Å². The number of hydrogen-bond donors (Lipinski definition) is 1. The Morgan fingerprint density at radius 1 is 1.00 bits per heavy atom. The van der Waals surface area contributed by atoms with Gasteiger partial charge >= 0.3 is 0 Å². The van der Waals surface area contributed by atoms with Crippen LogP contribution in [0.4, 0.5) is 0 Å². The van der Waals surface area contributed by atoms with E-state index in [0.717, 1.165) is 21.2 Å². The number of hydrogen-bond acceptors (Lipinski definition) is 5. The smallest absolute Gasteiger partial charge is 0.295 e. The molecule has 1 amide bonds. The van der Waals surface area contributed by atoms with E-state index in [1.54, 1.807) is 24.3 Å². The number of aliphatic hydroxyl groups is 1. The molecule has 0 saturated carbocycles. The fraction of sp³-hybridized carbons (Fsp3) is 0.214. The van der Waals surface area contributed by atoms with Crippen LogP contribution in [0.1, 0.15) is 28.3 Å². The summed E-state index contributed by atoms with van der Waals surface area (Å²) in [6.45, 7) is 2.95. The highest BCUT2D eigenvalue weighted by atomic mass is 79.9. The number of aryl methyl sites for hydroxylation is 1. The number of ether oxygens (including phenoxy) is 2. The van der Waals surface area contributed by atoms with Crippen molar-refractivity contribution in [2.75, 3.05) is 20.3 Å². The van der Waals surface area contributed by atoms with E-state index in [1.165, 1.54) is 12.0 Å². The van der Waals surface area contributed by atoms with Crippen LogP contribution < -0.4 is 4.74 Å². The Balaban J connectivity index is 1.64.